The zero-order valence-corrected chi connectivity index (χ0v) is 20.0. The number of nitro groups is 1. The van der Waals surface area contributed by atoms with Crippen molar-refractivity contribution in [2.75, 3.05) is 5.32 Å². The Hall–Kier alpha value is -4.82. The third kappa shape index (κ3) is 5.63. The largest absolute Gasteiger partial charge is 0.486 e. The van der Waals surface area contributed by atoms with Crippen LogP contribution in [0.1, 0.15) is 21.9 Å². The van der Waals surface area contributed by atoms with Gasteiger partial charge in [0.05, 0.1) is 4.92 Å². The van der Waals surface area contributed by atoms with Crippen molar-refractivity contribution in [2.45, 2.75) is 20.5 Å². The van der Waals surface area contributed by atoms with Gasteiger partial charge in [0, 0.05) is 23.8 Å². The number of nitriles is 1. The predicted molar refractivity (Wildman–Crippen MR) is 133 cm³/mol. The van der Waals surface area contributed by atoms with Gasteiger partial charge in [-0.2, -0.15) is 5.26 Å². The molecule has 180 valence electrons. The van der Waals surface area contributed by atoms with Crippen molar-refractivity contribution in [3.63, 3.8) is 0 Å². The topological polar surface area (TPSA) is 144 Å². The van der Waals surface area contributed by atoms with Crippen LogP contribution in [0.4, 0.5) is 10.8 Å². The molecule has 4 rings (SSSR count). The van der Waals surface area contributed by atoms with Crippen LogP contribution in [0.5, 0.6) is 5.75 Å². The number of carbonyl (C=O) groups is 1. The molecular formula is C25H19N5O5S. The molecule has 0 aliphatic carbocycles. The number of amides is 1. The number of para-hydroxylation sites is 1. The molecule has 0 fully saturated rings. The van der Waals surface area contributed by atoms with Crippen LogP contribution in [-0.2, 0) is 11.4 Å². The molecule has 11 heteroatoms. The summed E-state index contributed by atoms with van der Waals surface area (Å²) in [5.74, 6) is 0.672. The van der Waals surface area contributed by atoms with E-state index in [1.54, 1.807) is 25.1 Å². The molecule has 1 N–H and O–H groups in total. The maximum Gasteiger partial charge on any atom is 0.270 e. The number of hydrogen-bond donors (Lipinski definition) is 1. The van der Waals surface area contributed by atoms with Gasteiger partial charge in [-0.05, 0) is 43.2 Å². The van der Waals surface area contributed by atoms with E-state index in [-0.39, 0.29) is 28.8 Å². The molecular weight excluding hydrogens is 482 g/mol. The third-order valence-corrected chi connectivity index (χ3v) is 5.92. The predicted octanol–water partition coefficient (Wildman–Crippen LogP) is 5.45. The first-order valence-electron chi connectivity index (χ1n) is 10.6. The van der Waals surface area contributed by atoms with E-state index in [2.05, 4.69) is 15.5 Å². The van der Waals surface area contributed by atoms with Crippen molar-refractivity contribution >= 4 is 34.1 Å². The van der Waals surface area contributed by atoms with E-state index in [0.717, 1.165) is 28.2 Å². The molecule has 0 saturated carbocycles. The molecule has 1 amide bonds. The summed E-state index contributed by atoms with van der Waals surface area (Å²) in [7, 11) is 0. The van der Waals surface area contributed by atoms with Crippen LogP contribution in [0, 0.1) is 35.3 Å². The van der Waals surface area contributed by atoms with Crippen molar-refractivity contribution in [1.82, 2.24) is 10.2 Å². The zero-order chi connectivity index (χ0) is 25.7. The van der Waals surface area contributed by atoms with Crippen LogP contribution in [-0.4, -0.2) is 21.0 Å². The van der Waals surface area contributed by atoms with Gasteiger partial charge in [0.25, 0.3) is 11.6 Å². The molecule has 4 aromatic rings. The van der Waals surface area contributed by atoms with Gasteiger partial charge < -0.3 is 9.15 Å². The first kappa shape index (κ1) is 24.3. The van der Waals surface area contributed by atoms with Crippen LogP contribution in [0.3, 0.4) is 0 Å². The fourth-order valence-electron chi connectivity index (χ4n) is 3.24. The summed E-state index contributed by atoms with van der Waals surface area (Å²) < 4.78 is 11.5. The minimum absolute atomic E-state index is 0.0677. The van der Waals surface area contributed by atoms with E-state index >= 15 is 0 Å². The monoisotopic (exact) mass is 501 g/mol. The number of ether oxygens (including phenoxy) is 1. The summed E-state index contributed by atoms with van der Waals surface area (Å²) in [6.45, 7) is 3.92. The van der Waals surface area contributed by atoms with Gasteiger partial charge in [0.15, 0.2) is 5.01 Å². The second-order valence-corrected chi connectivity index (χ2v) is 8.70. The normalized spacial score (nSPS) is 11.1. The average Bonchev–Trinajstić information content (AvgIpc) is 3.51. The lowest BCUT2D eigenvalue weighted by Crippen LogP contribution is -2.13. The Morgan fingerprint density at radius 3 is 2.75 bits per heavy atom. The molecule has 10 nitrogen and oxygen atoms in total. The van der Waals surface area contributed by atoms with Gasteiger partial charge in [-0.25, -0.2) is 0 Å². The number of rotatable bonds is 8. The summed E-state index contributed by atoms with van der Waals surface area (Å²) in [6.07, 6.45) is 1.29. The highest BCUT2D eigenvalue weighted by Crippen LogP contribution is 2.30. The lowest BCUT2D eigenvalue weighted by molar-refractivity contribution is -0.384. The number of aromatic nitrogens is 2. The SMILES string of the molecule is Cc1ccccc1OCc1nnc(NC(=O)/C(C#N)=C\c2ccc(-c3cc([N+](=O)[O-])ccc3C)o2)s1. The van der Waals surface area contributed by atoms with Gasteiger partial charge in [0.2, 0.25) is 5.13 Å². The first-order chi connectivity index (χ1) is 17.3. The molecule has 0 saturated heterocycles. The third-order valence-electron chi connectivity index (χ3n) is 5.11. The summed E-state index contributed by atoms with van der Waals surface area (Å²) in [4.78, 5) is 23.2. The number of hydrogen-bond acceptors (Lipinski definition) is 9. The molecule has 0 radical (unpaired) electrons. The van der Waals surface area contributed by atoms with Crippen molar-refractivity contribution < 1.29 is 18.9 Å². The molecule has 36 heavy (non-hydrogen) atoms. The minimum Gasteiger partial charge on any atom is -0.486 e. The summed E-state index contributed by atoms with van der Waals surface area (Å²) in [5, 5.41) is 31.9. The Balaban J connectivity index is 1.44. The highest BCUT2D eigenvalue weighted by molar-refractivity contribution is 7.15. The molecule has 2 aromatic heterocycles. The zero-order valence-electron chi connectivity index (χ0n) is 19.2. The van der Waals surface area contributed by atoms with Gasteiger partial charge in [-0.15, -0.1) is 10.2 Å². The smallest absolute Gasteiger partial charge is 0.270 e. The highest BCUT2D eigenvalue weighted by Gasteiger charge is 2.16. The fourth-order valence-corrected chi connectivity index (χ4v) is 3.89. The highest BCUT2D eigenvalue weighted by atomic mass is 32.1. The van der Waals surface area contributed by atoms with E-state index in [4.69, 9.17) is 9.15 Å². The van der Waals surface area contributed by atoms with E-state index < -0.39 is 10.8 Å². The van der Waals surface area contributed by atoms with Crippen molar-refractivity contribution in [3.8, 4) is 23.1 Å². The molecule has 0 unspecified atom stereocenters. The number of non-ortho nitro benzene ring substituents is 1. The summed E-state index contributed by atoms with van der Waals surface area (Å²) in [6, 6.07) is 17.1. The van der Waals surface area contributed by atoms with Crippen LogP contribution in [0.15, 0.2) is 64.6 Å². The molecule has 0 aliphatic heterocycles. The Labute approximate surface area is 209 Å². The number of carbonyl (C=O) groups excluding carboxylic acids is 1. The molecule has 0 spiro atoms. The molecule has 0 atom stereocenters. The van der Waals surface area contributed by atoms with Gasteiger partial charge in [-0.3, -0.25) is 20.2 Å². The van der Waals surface area contributed by atoms with E-state index in [0.29, 0.717) is 16.3 Å². The number of nitrogens with one attached hydrogen (secondary N) is 1. The van der Waals surface area contributed by atoms with Crippen LogP contribution in [0.2, 0.25) is 0 Å². The number of anilines is 1. The van der Waals surface area contributed by atoms with Crippen LogP contribution in [0.25, 0.3) is 17.4 Å². The summed E-state index contributed by atoms with van der Waals surface area (Å²) in [5.41, 5.74) is 2.03. The van der Waals surface area contributed by atoms with Crippen LogP contribution < -0.4 is 10.1 Å². The number of nitro benzene ring substituents is 1. The Morgan fingerprint density at radius 1 is 1.19 bits per heavy atom. The maximum atomic E-state index is 12.6. The molecule has 0 aliphatic rings. The number of nitrogens with zero attached hydrogens (tertiary/aromatic N) is 4. The second kappa shape index (κ2) is 10.6. The Bertz CT molecular complexity index is 1520. The lowest BCUT2D eigenvalue weighted by atomic mass is 10.1. The molecule has 2 heterocycles. The van der Waals surface area contributed by atoms with Gasteiger partial charge in [0.1, 0.15) is 35.5 Å². The number of benzene rings is 2. The maximum absolute atomic E-state index is 12.6. The quantitative estimate of drug-likeness (QED) is 0.145. The average molecular weight is 502 g/mol. The van der Waals surface area contributed by atoms with Gasteiger partial charge >= 0.3 is 0 Å². The standard InChI is InChI=1S/C25H19N5O5S/c1-15-7-8-18(30(32)33)12-20(15)22-10-9-19(35-22)11-17(13-26)24(31)27-25-29-28-23(36-25)14-34-21-6-4-3-5-16(21)2/h3-12H,14H2,1-2H3,(H,27,29,31)/b17-11-. The first-order valence-corrected chi connectivity index (χ1v) is 11.4. The van der Waals surface area contributed by atoms with Crippen LogP contribution >= 0.6 is 11.3 Å². The second-order valence-electron chi connectivity index (χ2n) is 7.64. The Morgan fingerprint density at radius 2 is 2.00 bits per heavy atom. The van der Waals surface area contributed by atoms with E-state index in [1.807, 2.05) is 37.3 Å². The number of aryl methyl sites for hydroxylation is 2. The van der Waals surface area contributed by atoms with Gasteiger partial charge in [-0.1, -0.05) is 35.6 Å². The molecule has 0 bridgehead atoms. The van der Waals surface area contributed by atoms with Crippen molar-refractivity contribution in [3.05, 3.63) is 92.2 Å². The van der Waals surface area contributed by atoms with E-state index in [1.165, 1.54) is 18.2 Å². The fraction of sp³-hybridized carbons (Fsp3) is 0.120. The Kier molecular flexibility index (Phi) is 7.17. The number of furan rings is 1. The lowest BCUT2D eigenvalue weighted by Gasteiger charge is -2.06. The summed E-state index contributed by atoms with van der Waals surface area (Å²) >= 11 is 1.13. The molecule has 2 aromatic carbocycles. The minimum atomic E-state index is -0.676. The van der Waals surface area contributed by atoms with Crippen molar-refractivity contribution in [1.29, 1.82) is 5.26 Å². The van der Waals surface area contributed by atoms with E-state index in [9.17, 15) is 20.2 Å². The van der Waals surface area contributed by atoms with Crippen molar-refractivity contribution in [2.24, 2.45) is 0 Å².